The smallest absolute Gasteiger partial charge is 0.323 e. The van der Waals surface area contributed by atoms with E-state index < -0.39 is 50.8 Å². The summed E-state index contributed by atoms with van der Waals surface area (Å²) in [6, 6.07) is -0.371. The van der Waals surface area contributed by atoms with Gasteiger partial charge in [0.1, 0.15) is 12.2 Å². The molecule has 3 rings (SSSR count). The van der Waals surface area contributed by atoms with Gasteiger partial charge in [0.2, 0.25) is 0 Å². The second-order valence-electron chi connectivity index (χ2n) is 13.4. The highest BCUT2D eigenvalue weighted by atomic mass is 32.2. The van der Waals surface area contributed by atoms with Gasteiger partial charge in [-0.2, -0.15) is 8.42 Å². The highest BCUT2D eigenvalue weighted by Crippen LogP contribution is 2.50. The fraction of sp³-hybridized carbons (Fsp3) is 0.792. The lowest BCUT2D eigenvalue weighted by atomic mass is 9.89. The molecule has 1 saturated heterocycles. The van der Waals surface area contributed by atoms with Crippen molar-refractivity contribution in [3.05, 3.63) is 22.9 Å². The zero-order valence-electron chi connectivity index (χ0n) is 24.1. The van der Waals surface area contributed by atoms with Crippen molar-refractivity contribution in [2.45, 2.75) is 109 Å². The Morgan fingerprint density at radius 3 is 2.19 bits per heavy atom. The van der Waals surface area contributed by atoms with Crippen molar-refractivity contribution < 1.29 is 31.0 Å². The van der Waals surface area contributed by atoms with E-state index in [1.165, 1.54) is 4.90 Å². The first-order valence-electron chi connectivity index (χ1n) is 12.7. The number of nitrogens with zero attached hydrogens (tertiary/aromatic N) is 1. The lowest BCUT2D eigenvalue weighted by molar-refractivity contribution is -0.0649. The van der Waals surface area contributed by atoms with Gasteiger partial charge in [-0.05, 0) is 48.8 Å². The van der Waals surface area contributed by atoms with Crippen LogP contribution in [0.1, 0.15) is 48.5 Å². The van der Waals surface area contributed by atoms with E-state index in [-0.39, 0.29) is 28.4 Å². The Morgan fingerprint density at radius 1 is 1.14 bits per heavy atom. The number of urea groups is 1. The molecule has 0 aliphatic carbocycles. The lowest BCUT2D eigenvalue weighted by Crippen LogP contribution is -2.61. The number of nitrogens with one attached hydrogen (secondary N) is 1. The van der Waals surface area contributed by atoms with E-state index >= 15 is 0 Å². The molecule has 0 saturated carbocycles. The van der Waals surface area contributed by atoms with Gasteiger partial charge >= 0.3 is 6.03 Å². The van der Waals surface area contributed by atoms with Crippen LogP contribution >= 0.6 is 0 Å². The molecule has 3 aliphatic heterocycles. The van der Waals surface area contributed by atoms with Crippen molar-refractivity contribution >= 4 is 32.8 Å². The predicted octanol–water partition coefficient (Wildman–Crippen LogP) is 3.95. The molecule has 2 amide bonds. The summed E-state index contributed by atoms with van der Waals surface area (Å²) in [4.78, 5) is 14.4. The van der Waals surface area contributed by atoms with Crippen LogP contribution in [0.15, 0.2) is 22.9 Å². The zero-order chi connectivity index (χ0) is 28.4. The minimum atomic E-state index is -4.12. The molecule has 0 radical (unpaired) electrons. The van der Waals surface area contributed by atoms with E-state index in [1.807, 2.05) is 6.92 Å². The summed E-state index contributed by atoms with van der Waals surface area (Å²) in [7, 11) is -8.93. The van der Waals surface area contributed by atoms with Crippen molar-refractivity contribution in [3.8, 4) is 0 Å². The molecule has 37 heavy (non-hydrogen) atoms. The Morgan fingerprint density at radius 2 is 1.70 bits per heavy atom. The third kappa shape index (κ3) is 5.59. The van der Waals surface area contributed by atoms with E-state index in [4.69, 9.17) is 23.5 Å². The van der Waals surface area contributed by atoms with E-state index in [0.29, 0.717) is 6.54 Å². The van der Waals surface area contributed by atoms with Crippen molar-refractivity contribution in [1.82, 2.24) is 10.2 Å². The molecule has 0 bridgehead atoms. The topological polar surface area (TPSA) is 129 Å². The quantitative estimate of drug-likeness (QED) is 0.360. The molecular formula is C24H45N3O7SSi2. The summed E-state index contributed by atoms with van der Waals surface area (Å²) in [6.07, 6.45) is -1.22. The maximum atomic E-state index is 13.0. The highest BCUT2D eigenvalue weighted by Gasteiger charge is 2.68. The van der Waals surface area contributed by atoms with Gasteiger partial charge in [0, 0.05) is 12.7 Å². The Labute approximate surface area is 224 Å². The number of carbonyl (C=O) groups excluding carboxylic acids is 1. The fourth-order valence-electron chi connectivity index (χ4n) is 4.05. The standard InChI is InChI=1S/C24H45N3O7SSi2/c1-16-12-26-21(28)27(13-16)20-19(33-37(10,11)23(5,6)7)24(17(25)15-35(29,30)34-24)18(32-20)14-31-36(8,9)22(2,3)4/h13,15,18-20H,12,14,25H2,1-11H3,(H,26,28)/t18-,19+,20-,24-/m1/s1. The lowest BCUT2D eigenvalue weighted by Gasteiger charge is -2.44. The minimum absolute atomic E-state index is 0.0133. The average molecular weight is 576 g/mol. The summed E-state index contributed by atoms with van der Waals surface area (Å²) in [6.45, 7) is 23.2. The van der Waals surface area contributed by atoms with E-state index in [1.54, 1.807) is 6.20 Å². The molecule has 4 atom stereocenters. The fourth-order valence-corrected chi connectivity index (χ4v) is 7.56. The van der Waals surface area contributed by atoms with Crippen LogP contribution in [0.5, 0.6) is 0 Å². The molecule has 0 aromatic heterocycles. The molecule has 1 spiro atoms. The molecule has 3 aliphatic rings. The molecule has 3 heterocycles. The largest absolute Gasteiger partial charge is 0.414 e. The Hall–Kier alpha value is -1.23. The monoisotopic (exact) mass is 575 g/mol. The Bertz CT molecular complexity index is 1090. The molecule has 212 valence electrons. The molecule has 0 unspecified atom stereocenters. The first-order chi connectivity index (χ1) is 16.5. The molecule has 0 aromatic carbocycles. The van der Waals surface area contributed by atoms with Gasteiger partial charge < -0.3 is 24.6 Å². The number of hydrogen-bond acceptors (Lipinski definition) is 8. The van der Waals surface area contributed by atoms with E-state index in [9.17, 15) is 13.2 Å². The Kier molecular flexibility index (Phi) is 7.75. The third-order valence-corrected chi connectivity index (χ3v) is 18.5. The van der Waals surface area contributed by atoms with Gasteiger partial charge in [-0.3, -0.25) is 4.90 Å². The summed E-state index contributed by atoms with van der Waals surface area (Å²) >= 11 is 0. The van der Waals surface area contributed by atoms with Crippen LogP contribution in [0, 0.1) is 0 Å². The van der Waals surface area contributed by atoms with Gasteiger partial charge in [-0.15, -0.1) is 0 Å². The third-order valence-electron chi connectivity index (χ3n) is 8.46. The second kappa shape index (κ2) is 9.45. The van der Waals surface area contributed by atoms with Crippen molar-refractivity contribution in [1.29, 1.82) is 0 Å². The van der Waals surface area contributed by atoms with E-state index in [2.05, 4.69) is 73.0 Å². The molecule has 13 heteroatoms. The van der Waals surface area contributed by atoms with Crippen molar-refractivity contribution in [3.63, 3.8) is 0 Å². The Balaban J connectivity index is 2.16. The molecule has 0 aromatic rings. The van der Waals surface area contributed by atoms with Crippen LogP contribution < -0.4 is 11.1 Å². The first kappa shape index (κ1) is 30.3. The number of rotatable bonds is 6. The number of ether oxygens (including phenoxy) is 1. The van der Waals surface area contributed by atoms with Gasteiger partial charge in [0.15, 0.2) is 28.5 Å². The van der Waals surface area contributed by atoms with Gasteiger partial charge in [-0.1, -0.05) is 41.5 Å². The van der Waals surface area contributed by atoms with Gasteiger partial charge in [-0.25, -0.2) is 8.98 Å². The molecular weight excluding hydrogens is 531 g/mol. The van der Waals surface area contributed by atoms with Crippen molar-refractivity contribution in [2.75, 3.05) is 13.2 Å². The zero-order valence-corrected chi connectivity index (χ0v) is 26.9. The summed E-state index contributed by atoms with van der Waals surface area (Å²) < 4.78 is 51.3. The van der Waals surface area contributed by atoms with Gasteiger partial charge in [0.05, 0.1) is 17.7 Å². The van der Waals surface area contributed by atoms with Crippen LogP contribution in [0.25, 0.3) is 0 Å². The summed E-state index contributed by atoms with van der Waals surface area (Å²) in [5.41, 5.74) is 5.69. The number of hydrogen-bond donors (Lipinski definition) is 2. The van der Waals surface area contributed by atoms with Gasteiger partial charge in [0.25, 0.3) is 10.1 Å². The number of amides is 2. The predicted molar refractivity (Wildman–Crippen MR) is 148 cm³/mol. The number of nitrogens with two attached hydrogens (primary N) is 1. The normalized spacial score (nSPS) is 30.9. The molecule has 10 nitrogen and oxygen atoms in total. The van der Waals surface area contributed by atoms with Crippen LogP contribution in [-0.4, -0.2) is 73.2 Å². The van der Waals surface area contributed by atoms with Crippen molar-refractivity contribution in [2.24, 2.45) is 5.73 Å². The number of carbonyl (C=O) groups is 1. The maximum absolute atomic E-state index is 13.0. The molecule has 1 fully saturated rings. The minimum Gasteiger partial charge on any atom is -0.414 e. The van der Waals surface area contributed by atoms with E-state index in [0.717, 1.165) is 11.0 Å². The maximum Gasteiger partial charge on any atom is 0.323 e. The van der Waals surface area contributed by atoms with Crippen LogP contribution in [0.3, 0.4) is 0 Å². The van der Waals surface area contributed by atoms with Crippen LogP contribution in [0.4, 0.5) is 4.79 Å². The molecule has 3 N–H and O–H groups in total. The van der Waals surface area contributed by atoms with Crippen LogP contribution in [0.2, 0.25) is 36.3 Å². The first-order valence-corrected chi connectivity index (χ1v) is 20.0. The summed E-state index contributed by atoms with van der Waals surface area (Å²) in [5, 5.41) is 3.45. The average Bonchev–Trinajstić information content (AvgIpc) is 3.13. The highest BCUT2D eigenvalue weighted by molar-refractivity contribution is 7.90. The summed E-state index contributed by atoms with van der Waals surface area (Å²) in [5.74, 6) is 0. The van der Waals surface area contributed by atoms with Crippen LogP contribution in [-0.2, 0) is 27.9 Å². The SMILES string of the molecule is CC1=CN([C@@H]2O[C@H](CO[Si](C)(C)C(C)(C)C)[C@@]3(OS(=O)(=O)C=C3N)[C@H]2O[Si](C)(C)C(C)(C)C)C(=O)NC1. The second-order valence-corrected chi connectivity index (χ2v) is 24.3.